The SMILES string of the molecule is COc1ccc(S(=O)(=O)N[C@H](C(=O)NCC2(N3CCOCC3)CCCCC2)C(C)C)cc1. The van der Waals surface area contributed by atoms with Gasteiger partial charge in [0.05, 0.1) is 25.2 Å². The van der Waals surface area contributed by atoms with Crippen LogP contribution in [0.15, 0.2) is 29.2 Å². The standard InChI is InChI=1S/C23H37N3O5S/c1-18(2)21(25-32(28,29)20-9-7-19(30-3)8-10-20)22(27)24-17-23(11-5-4-6-12-23)26-13-15-31-16-14-26/h7-10,18,21,25H,4-6,11-17H2,1-3H3,(H,24,27)/t21-/m0/s1. The van der Waals surface area contributed by atoms with E-state index in [2.05, 4.69) is 14.9 Å². The number of nitrogens with zero attached hydrogens (tertiary/aromatic N) is 1. The molecule has 1 aliphatic carbocycles. The van der Waals surface area contributed by atoms with Gasteiger partial charge in [-0.05, 0) is 43.0 Å². The van der Waals surface area contributed by atoms with E-state index in [9.17, 15) is 13.2 Å². The average molecular weight is 468 g/mol. The third-order valence-electron chi connectivity index (χ3n) is 6.66. The Morgan fingerprint density at radius 3 is 2.31 bits per heavy atom. The highest BCUT2D eigenvalue weighted by molar-refractivity contribution is 7.89. The van der Waals surface area contributed by atoms with E-state index in [4.69, 9.17) is 9.47 Å². The predicted molar refractivity (Wildman–Crippen MR) is 123 cm³/mol. The quantitative estimate of drug-likeness (QED) is 0.578. The van der Waals surface area contributed by atoms with Crippen molar-refractivity contribution in [3.05, 3.63) is 24.3 Å². The zero-order valence-corrected chi connectivity index (χ0v) is 20.2. The molecule has 1 aromatic carbocycles. The first-order valence-corrected chi connectivity index (χ1v) is 13.0. The Hall–Kier alpha value is -1.68. The number of morpholine rings is 1. The van der Waals surface area contributed by atoms with Crippen molar-refractivity contribution in [1.82, 2.24) is 14.9 Å². The molecule has 8 nitrogen and oxygen atoms in total. The van der Waals surface area contributed by atoms with E-state index in [0.29, 0.717) is 25.5 Å². The first-order chi connectivity index (χ1) is 15.3. The first kappa shape index (κ1) is 25.0. The van der Waals surface area contributed by atoms with Gasteiger partial charge in [0.1, 0.15) is 11.8 Å². The van der Waals surface area contributed by atoms with Gasteiger partial charge >= 0.3 is 0 Å². The van der Waals surface area contributed by atoms with Gasteiger partial charge in [0.15, 0.2) is 0 Å². The summed E-state index contributed by atoms with van der Waals surface area (Å²) < 4.78 is 39.1. The molecule has 1 saturated carbocycles. The zero-order chi connectivity index (χ0) is 23.2. The molecule has 180 valence electrons. The molecule has 32 heavy (non-hydrogen) atoms. The Bertz CT molecular complexity index is 845. The second-order valence-electron chi connectivity index (χ2n) is 9.12. The van der Waals surface area contributed by atoms with E-state index in [1.165, 1.54) is 25.7 Å². The lowest BCUT2D eigenvalue weighted by Crippen LogP contribution is -2.61. The molecule has 2 N–H and O–H groups in total. The second-order valence-corrected chi connectivity index (χ2v) is 10.8. The first-order valence-electron chi connectivity index (χ1n) is 11.5. The van der Waals surface area contributed by atoms with Crippen molar-refractivity contribution in [1.29, 1.82) is 0 Å². The number of sulfonamides is 1. The monoisotopic (exact) mass is 467 g/mol. The number of rotatable bonds is 9. The zero-order valence-electron chi connectivity index (χ0n) is 19.4. The number of carbonyl (C=O) groups is 1. The Labute approximate surface area is 192 Å². The van der Waals surface area contributed by atoms with Crippen LogP contribution < -0.4 is 14.8 Å². The van der Waals surface area contributed by atoms with Crippen molar-refractivity contribution < 1.29 is 22.7 Å². The van der Waals surface area contributed by atoms with Crippen LogP contribution in [0.1, 0.15) is 46.0 Å². The van der Waals surface area contributed by atoms with Crippen LogP contribution in [0.3, 0.4) is 0 Å². The number of ether oxygens (including phenoxy) is 2. The van der Waals surface area contributed by atoms with Crippen LogP contribution in [0.2, 0.25) is 0 Å². The highest BCUT2D eigenvalue weighted by Crippen LogP contribution is 2.34. The van der Waals surface area contributed by atoms with Gasteiger partial charge in [0, 0.05) is 25.2 Å². The maximum Gasteiger partial charge on any atom is 0.241 e. The molecule has 0 bridgehead atoms. The maximum absolute atomic E-state index is 13.2. The fourth-order valence-electron chi connectivity index (χ4n) is 4.70. The van der Waals surface area contributed by atoms with E-state index in [-0.39, 0.29) is 22.3 Å². The fraction of sp³-hybridized carbons (Fsp3) is 0.696. The molecule has 1 saturated heterocycles. The van der Waals surface area contributed by atoms with Crippen LogP contribution in [0.25, 0.3) is 0 Å². The molecule has 1 atom stereocenters. The summed E-state index contributed by atoms with van der Waals surface area (Å²) in [6.07, 6.45) is 5.58. The molecule has 0 radical (unpaired) electrons. The topological polar surface area (TPSA) is 97.0 Å². The number of amides is 1. The Kier molecular flexibility index (Phi) is 8.55. The number of carbonyl (C=O) groups excluding carboxylic acids is 1. The molecule has 2 fully saturated rings. The minimum absolute atomic E-state index is 0.0753. The molecule has 1 heterocycles. The summed E-state index contributed by atoms with van der Waals surface area (Å²) in [4.78, 5) is 15.7. The maximum atomic E-state index is 13.2. The lowest BCUT2D eigenvalue weighted by Gasteiger charge is -2.48. The normalized spacial score (nSPS) is 20.6. The third kappa shape index (κ3) is 6.01. The van der Waals surface area contributed by atoms with Gasteiger partial charge in [-0.1, -0.05) is 33.1 Å². The number of hydrogen-bond acceptors (Lipinski definition) is 6. The van der Waals surface area contributed by atoms with Gasteiger partial charge in [-0.3, -0.25) is 9.69 Å². The van der Waals surface area contributed by atoms with Gasteiger partial charge in [0.2, 0.25) is 15.9 Å². The number of nitrogens with one attached hydrogen (secondary N) is 2. The van der Waals surface area contributed by atoms with Crippen LogP contribution in [-0.2, 0) is 19.6 Å². The van der Waals surface area contributed by atoms with Crippen molar-refractivity contribution in [2.24, 2.45) is 5.92 Å². The van der Waals surface area contributed by atoms with E-state index in [1.54, 1.807) is 12.1 Å². The van der Waals surface area contributed by atoms with Gasteiger partial charge in [-0.15, -0.1) is 0 Å². The van der Waals surface area contributed by atoms with Crippen molar-refractivity contribution in [2.75, 3.05) is 40.0 Å². The summed E-state index contributed by atoms with van der Waals surface area (Å²) >= 11 is 0. The van der Waals surface area contributed by atoms with Crippen molar-refractivity contribution >= 4 is 15.9 Å². The lowest BCUT2D eigenvalue weighted by atomic mass is 9.79. The summed E-state index contributed by atoms with van der Waals surface area (Å²) in [6.45, 7) is 7.39. The van der Waals surface area contributed by atoms with Crippen LogP contribution in [-0.4, -0.2) is 70.8 Å². The smallest absolute Gasteiger partial charge is 0.241 e. The molecule has 1 aromatic rings. The molecule has 1 amide bonds. The molecule has 3 rings (SSSR count). The Morgan fingerprint density at radius 2 is 1.75 bits per heavy atom. The predicted octanol–water partition coefficient (Wildman–Crippen LogP) is 2.15. The second kappa shape index (κ2) is 11.0. The fourth-order valence-corrected chi connectivity index (χ4v) is 6.04. The van der Waals surface area contributed by atoms with E-state index in [0.717, 1.165) is 38.8 Å². The minimum atomic E-state index is -3.85. The molecular weight excluding hydrogens is 430 g/mol. The Balaban J connectivity index is 1.69. The Morgan fingerprint density at radius 1 is 1.12 bits per heavy atom. The number of hydrogen-bond donors (Lipinski definition) is 2. The van der Waals surface area contributed by atoms with Crippen LogP contribution in [0, 0.1) is 5.92 Å². The third-order valence-corrected chi connectivity index (χ3v) is 8.12. The lowest BCUT2D eigenvalue weighted by molar-refractivity contribution is -0.125. The molecule has 0 unspecified atom stereocenters. The van der Waals surface area contributed by atoms with Gasteiger partial charge in [-0.25, -0.2) is 8.42 Å². The molecule has 0 spiro atoms. The summed E-state index contributed by atoms with van der Waals surface area (Å²) in [5, 5.41) is 3.10. The van der Waals surface area contributed by atoms with Crippen LogP contribution in [0.5, 0.6) is 5.75 Å². The summed E-state index contributed by atoms with van der Waals surface area (Å²) in [5.74, 6) is 0.0898. The minimum Gasteiger partial charge on any atom is -0.497 e. The van der Waals surface area contributed by atoms with E-state index < -0.39 is 16.1 Å². The number of methoxy groups -OCH3 is 1. The molecule has 1 aliphatic heterocycles. The molecular formula is C23H37N3O5S. The van der Waals surface area contributed by atoms with Gasteiger partial charge in [0.25, 0.3) is 0 Å². The molecule has 2 aliphatic rings. The number of benzene rings is 1. The average Bonchev–Trinajstić information content (AvgIpc) is 2.82. The van der Waals surface area contributed by atoms with Crippen molar-refractivity contribution in [3.63, 3.8) is 0 Å². The molecule has 9 heteroatoms. The molecule has 0 aromatic heterocycles. The van der Waals surface area contributed by atoms with Crippen LogP contribution in [0.4, 0.5) is 0 Å². The van der Waals surface area contributed by atoms with Gasteiger partial charge in [-0.2, -0.15) is 4.72 Å². The summed E-state index contributed by atoms with van der Waals surface area (Å²) in [7, 11) is -2.32. The van der Waals surface area contributed by atoms with Crippen molar-refractivity contribution in [3.8, 4) is 5.75 Å². The van der Waals surface area contributed by atoms with Crippen molar-refractivity contribution in [2.45, 2.75) is 62.4 Å². The summed E-state index contributed by atoms with van der Waals surface area (Å²) in [5.41, 5.74) is -0.0753. The van der Waals surface area contributed by atoms with E-state index >= 15 is 0 Å². The van der Waals surface area contributed by atoms with Gasteiger partial charge < -0.3 is 14.8 Å². The van der Waals surface area contributed by atoms with E-state index in [1.807, 2.05) is 13.8 Å². The largest absolute Gasteiger partial charge is 0.497 e. The highest BCUT2D eigenvalue weighted by atomic mass is 32.2. The summed E-state index contributed by atoms with van der Waals surface area (Å²) in [6, 6.07) is 5.28. The van der Waals surface area contributed by atoms with Crippen LogP contribution >= 0.6 is 0 Å². The highest BCUT2D eigenvalue weighted by Gasteiger charge is 2.39.